The molecule has 2 N–H and O–H groups in total. The topological polar surface area (TPSA) is 138 Å². The van der Waals surface area contributed by atoms with Crippen LogP contribution in [0.2, 0.25) is 0 Å². The van der Waals surface area contributed by atoms with Crippen LogP contribution in [0.3, 0.4) is 0 Å². The minimum Gasteiger partial charge on any atom is -0.490 e. The third-order valence-corrected chi connectivity index (χ3v) is 4.19. The second-order valence-electron chi connectivity index (χ2n) is 6.56. The lowest BCUT2D eigenvalue weighted by Gasteiger charge is -2.17. The van der Waals surface area contributed by atoms with Gasteiger partial charge < -0.3 is 34.3 Å². The first-order valence-corrected chi connectivity index (χ1v) is 10.6. The summed E-state index contributed by atoms with van der Waals surface area (Å²) in [6.45, 7) is 8.47. The first kappa shape index (κ1) is 26.7. The first-order valence-electron chi connectivity index (χ1n) is 10.6. The summed E-state index contributed by atoms with van der Waals surface area (Å²) in [4.78, 5) is 46.7. The molecule has 35 heavy (non-hydrogen) atoms. The molecule has 2 amide bonds. The van der Waals surface area contributed by atoms with Crippen LogP contribution in [0, 0.1) is 0 Å². The van der Waals surface area contributed by atoms with Gasteiger partial charge in [-0.2, -0.15) is 0 Å². The highest BCUT2D eigenvalue weighted by Gasteiger charge is 2.20. The Kier molecular flexibility index (Phi) is 10.6. The Bertz CT molecular complexity index is 1100. The number of esters is 2. The maximum Gasteiger partial charge on any atom is 0.412 e. The van der Waals surface area contributed by atoms with Crippen molar-refractivity contribution in [3.05, 3.63) is 55.6 Å². The minimum absolute atomic E-state index is 0.0176. The van der Waals surface area contributed by atoms with Crippen LogP contribution >= 0.6 is 0 Å². The van der Waals surface area contributed by atoms with Crippen LogP contribution in [0.1, 0.15) is 6.92 Å². The molecule has 2 aromatic carbocycles. The molecule has 0 radical (unpaired) electrons. The maximum atomic E-state index is 12.3. The zero-order chi connectivity index (χ0) is 25.6. The number of nitrogens with one attached hydrogen (secondary N) is 2. The number of ether oxygens (including phenoxy) is 5. The number of fused-ring (bicyclic) bond motifs is 1. The highest BCUT2D eigenvalue weighted by molar-refractivity contribution is 5.98. The zero-order valence-electron chi connectivity index (χ0n) is 19.2. The van der Waals surface area contributed by atoms with E-state index in [0.717, 1.165) is 12.2 Å². The van der Waals surface area contributed by atoms with Gasteiger partial charge in [0.15, 0.2) is 11.5 Å². The van der Waals surface area contributed by atoms with Gasteiger partial charge in [-0.05, 0) is 6.92 Å². The van der Waals surface area contributed by atoms with Gasteiger partial charge in [-0.3, -0.25) is 0 Å². The van der Waals surface area contributed by atoms with Gasteiger partial charge in [-0.25, -0.2) is 19.2 Å². The number of benzene rings is 2. The maximum absolute atomic E-state index is 12.3. The fourth-order valence-electron chi connectivity index (χ4n) is 2.74. The number of hydrogen-bond donors (Lipinski definition) is 2. The van der Waals surface area contributed by atoms with E-state index < -0.39 is 24.1 Å². The summed E-state index contributed by atoms with van der Waals surface area (Å²) in [7, 11) is 0. The molecule has 11 heteroatoms. The van der Waals surface area contributed by atoms with E-state index >= 15 is 0 Å². The molecule has 0 fully saturated rings. The standard InChI is InChI=1S/C24H26N2O9/c1-4-20(27)32-13-11-25-23(29)34-18-15-19(31-6-3)22(17-10-8-7-9-16(17)18)35-24(30)26-12-14-33-21(28)5-2/h4-5,7-10,15H,1-2,6,11-14H2,3H3,(H,25,29)(H,26,30). The molecular weight excluding hydrogens is 460 g/mol. The summed E-state index contributed by atoms with van der Waals surface area (Å²) in [5, 5.41) is 5.86. The molecule has 0 bridgehead atoms. The van der Waals surface area contributed by atoms with E-state index in [1.807, 2.05) is 0 Å². The highest BCUT2D eigenvalue weighted by Crippen LogP contribution is 2.41. The van der Waals surface area contributed by atoms with E-state index in [1.165, 1.54) is 6.07 Å². The molecule has 0 aliphatic heterocycles. The minimum atomic E-state index is -0.800. The van der Waals surface area contributed by atoms with E-state index in [0.29, 0.717) is 10.8 Å². The Labute approximate surface area is 201 Å². The fourth-order valence-corrected chi connectivity index (χ4v) is 2.74. The fraction of sp³-hybridized carbons (Fsp3) is 0.250. The predicted octanol–water partition coefficient (Wildman–Crippen LogP) is 2.87. The summed E-state index contributed by atoms with van der Waals surface area (Å²) in [6.07, 6.45) is 0.445. The Morgan fingerprint density at radius 3 is 1.91 bits per heavy atom. The summed E-state index contributed by atoms with van der Waals surface area (Å²) >= 11 is 0. The SMILES string of the molecule is C=CC(=O)OCCNC(=O)Oc1cc(OCC)c(OC(=O)NCCOC(=O)C=C)c2ccccc12. The normalized spacial score (nSPS) is 9.97. The number of amides is 2. The quantitative estimate of drug-likeness (QED) is 0.263. The Hall–Kier alpha value is -4.54. The van der Waals surface area contributed by atoms with Crippen LogP contribution in [-0.2, 0) is 19.1 Å². The van der Waals surface area contributed by atoms with E-state index in [2.05, 4.69) is 23.8 Å². The lowest BCUT2D eigenvalue weighted by molar-refractivity contribution is -0.138. The lowest BCUT2D eigenvalue weighted by Crippen LogP contribution is -2.31. The van der Waals surface area contributed by atoms with Gasteiger partial charge in [0.2, 0.25) is 0 Å². The van der Waals surface area contributed by atoms with Crippen molar-refractivity contribution < 1.29 is 42.9 Å². The molecule has 11 nitrogen and oxygen atoms in total. The molecule has 0 spiro atoms. The van der Waals surface area contributed by atoms with Gasteiger partial charge in [0.1, 0.15) is 19.0 Å². The van der Waals surface area contributed by atoms with Crippen molar-refractivity contribution in [3.63, 3.8) is 0 Å². The average Bonchev–Trinajstić information content (AvgIpc) is 2.86. The van der Waals surface area contributed by atoms with Gasteiger partial charge >= 0.3 is 24.1 Å². The molecule has 2 aromatic rings. The van der Waals surface area contributed by atoms with Crippen molar-refractivity contribution in [2.24, 2.45) is 0 Å². The van der Waals surface area contributed by atoms with Crippen molar-refractivity contribution >= 4 is 34.9 Å². The van der Waals surface area contributed by atoms with Crippen LogP contribution in [0.5, 0.6) is 17.2 Å². The average molecular weight is 486 g/mol. The Morgan fingerprint density at radius 2 is 1.37 bits per heavy atom. The summed E-state index contributed by atoms with van der Waals surface area (Å²) < 4.78 is 26.1. The third-order valence-electron chi connectivity index (χ3n) is 4.19. The summed E-state index contributed by atoms with van der Waals surface area (Å²) in [5.74, 6) is -0.768. The monoisotopic (exact) mass is 486 g/mol. The van der Waals surface area contributed by atoms with Crippen molar-refractivity contribution in [2.75, 3.05) is 32.9 Å². The van der Waals surface area contributed by atoms with Crippen LogP contribution in [0.15, 0.2) is 55.6 Å². The molecule has 0 unspecified atom stereocenters. The molecular formula is C24H26N2O9. The lowest BCUT2D eigenvalue weighted by atomic mass is 10.1. The number of hydrogen-bond acceptors (Lipinski definition) is 9. The van der Waals surface area contributed by atoms with E-state index in [1.54, 1.807) is 31.2 Å². The molecule has 0 saturated carbocycles. The zero-order valence-corrected chi connectivity index (χ0v) is 19.2. The van der Waals surface area contributed by atoms with Crippen LogP contribution in [0.25, 0.3) is 10.8 Å². The molecule has 0 aliphatic rings. The van der Waals surface area contributed by atoms with Gasteiger partial charge in [0, 0.05) is 29.0 Å². The van der Waals surface area contributed by atoms with Crippen molar-refractivity contribution in [1.29, 1.82) is 0 Å². The van der Waals surface area contributed by atoms with E-state index in [9.17, 15) is 19.2 Å². The van der Waals surface area contributed by atoms with Crippen LogP contribution < -0.4 is 24.8 Å². The number of carbonyl (C=O) groups is 4. The molecule has 0 aliphatic carbocycles. The molecule has 0 saturated heterocycles. The number of carbonyl (C=O) groups excluding carboxylic acids is 4. The second-order valence-corrected chi connectivity index (χ2v) is 6.56. The van der Waals surface area contributed by atoms with Gasteiger partial charge in [-0.15, -0.1) is 0 Å². The number of rotatable bonds is 12. The van der Waals surface area contributed by atoms with Gasteiger partial charge in [-0.1, -0.05) is 37.4 Å². The Morgan fingerprint density at radius 1 is 0.829 bits per heavy atom. The van der Waals surface area contributed by atoms with E-state index in [4.69, 9.17) is 23.7 Å². The smallest absolute Gasteiger partial charge is 0.412 e. The molecule has 0 aromatic heterocycles. The van der Waals surface area contributed by atoms with Crippen molar-refractivity contribution in [3.8, 4) is 17.2 Å². The van der Waals surface area contributed by atoms with E-state index in [-0.39, 0.29) is 50.2 Å². The summed E-state index contributed by atoms with van der Waals surface area (Å²) in [6, 6.07) is 8.22. The predicted molar refractivity (Wildman–Crippen MR) is 125 cm³/mol. The van der Waals surface area contributed by atoms with Crippen molar-refractivity contribution in [1.82, 2.24) is 10.6 Å². The summed E-state index contributed by atoms with van der Waals surface area (Å²) in [5.41, 5.74) is 0. The van der Waals surface area contributed by atoms with Gasteiger partial charge in [0.25, 0.3) is 0 Å². The van der Waals surface area contributed by atoms with Crippen LogP contribution in [0.4, 0.5) is 9.59 Å². The van der Waals surface area contributed by atoms with Crippen LogP contribution in [-0.4, -0.2) is 57.0 Å². The largest absolute Gasteiger partial charge is 0.490 e. The molecule has 186 valence electrons. The second kappa shape index (κ2) is 13.9. The van der Waals surface area contributed by atoms with Gasteiger partial charge in [0.05, 0.1) is 19.7 Å². The third kappa shape index (κ3) is 8.39. The van der Waals surface area contributed by atoms with Crippen molar-refractivity contribution in [2.45, 2.75) is 6.92 Å². The molecule has 0 heterocycles. The molecule has 2 rings (SSSR count). The highest BCUT2D eigenvalue weighted by atomic mass is 16.6. The molecule has 0 atom stereocenters. The first-order chi connectivity index (χ1) is 16.9. The Balaban J connectivity index is 2.15.